The van der Waals surface area contributed by atoms with Crippen molar-refractivity contribution in [2.24, 2.45) is 23.5 Å². The van der Waals surface area contributed by atoms with Gasteiger partial charge in [-0.25, -0.2) is 4.79 Å². The van der Waals surface area contributed by atoms with Gasteiger partial charge in [0.25, 0.3) is 0 Å². The number of esters is 1. The molecule has 0 bridgehead atoms. The van der Waals surface area contributed by atoms with Gasteiger partial charge in [-0.1, -0.05) is 6.92 Å². The number of fused-ring (bicyclic) bond motifs is 1. The zero-order valence-electron chi connectivity index (χ0n) is 9.04. The van der Waals surface area contributed by atoms with Gasteiger partial charge in [-0.3, -0.25) is 5.41 Å². The first-order valence-electron chi connectivity index (χ1n) is 5.32. The minimum Gasteiger partial charge on any atom is -0.461 e. The fourth-order valence-electron chi connectivity index (χ4n) is 2.55. The van der Waals surface area contributed by atoms with Crippen LogP contribution < -0.4 is 5.73 Å². The summed E-state index contributed by atoms with van der Waals surface area (Å²) in [4.78, 5) is 11.4. The number of carbonyl (C=O) groups excluding carboxylic acids is 1. The second-order valence-corrected chi connectivity index (χ2v) is 4.29. The zero-order chi connectivity index (χ0) is 11.2. The third kappa shape index (κ3) is 1.44. The Morgan fingerprint density at radius 1 is 1.67 bits per heavy atom. The molecular weight excluding hydrogens is 192 g/mol. The molecule has 0 saturated heterocycles. The highest BCUT2D eigenvalue weighted by molar-refractivity contribution is 6.42. The van der Waals surface area contributed by atoms with Gasteiger partial charge < -0.3 is 10.5 Å². The highest BCUT2D eigenvalue weighted by atomic mass is 16.5. The molecule has 4 nitrogen and oxygen atoms in total. The first kappa shape index (κ1) is 10.2. The SMILES string of the molecule is CCOC(=O)C(=N)C1=C(N)CC2C(C)C12. The number of nitrogens with two attached hydrogens (primary N) is 1. The van der Waals surface area contributed by atoms with Gasteiger partial charge >= 0.3 is 5.97 Å². The van der Waals surface area contributed by atoms with Crippen molar-refractivity contribution < 1.29 is 9.53 Å². The summed E-state index contributed by atoms with van der Waals surface area (Å²) < 4.78 is 4.81. The molecule has 1 fully saturated rings. The molecule has 3 unspecified atom stereocenters. The summed E-state index contributed by atoms with van der Waals surface area (Å²) in [6.45, 7) is 4.18. The number of rotatable bonds is 3. The van der Waals surface area contributed by atoms with E-state index in [1.807, 2.05) is 0 Å². The number of ether oxygens (including phenoxy) is 1. The Labute approximate surface area is 89.0 Å². The van der Waals surface area contributed by atoms with Crippen molar-refractivity contribution in [1.82, 2.24) is 0 Å². The molecule has 0 spiro atoms. The van der Waals surface area contributed by atoms with Crippen molar-refractivity contribution in [2.75, 3.05) is 6.61 Å². The van der Waals surface area contributed by atoms with Gasteiger partial charge in [0.05, 0.1) is 6.61 Å². The van der Waals surface area contributed by atoms with E-state index in [2.05, 4.69) is 6.92 Å². The third-order valence-corrected chi connectivity index (χ3v) is 3.45. The molecule has 2 rings (SSSR count). The number of nitrogens with one attached hydrogen (secondary N) is 1. The van der Waals surface area contributed by atoms with Crippen LogP contribution in [0.5, 0.6) is 0 Å². The molecule has 15 heavy (non-hydrogen) atoms. The fraction of sp³-hybridized carbons (Fsp3) is 0.636. The van der Waals surface area contributed by atoms with Crippen LogP contribution in [0.25, 0.3) is 0 Å². The van der Waals surface area contributed by atoms with Crippen LogP contribution in [-0.4, -0.2) is 18.3 Å². The van der Waals surface area contributed by atoms with Gasteiger partial charge in [0.15, 0.2) is 0 Å². The van der Waals surface area contributed by atoms with Crippen molar-refractivity contribution in [3.8, 4) is 0 Å². The predicted molar refractivity (Wildman–Crippen MR) is 56.3 cm³/mol. The maximum absolute atomic E-state index is 11.4. The van der Waals surface area contributed by atoms with Crippen molar-refractivity contribution in [3.05, 3.63) is 11.3 Å². The molecule has 2 aliphatic carbocycles. The number of hydrogen-bond donors (Lipinski definition) is 2. The summed E-state index contributed by atoms with van der Waals surface area (Å²) in [6.07, 6.45) is 0.836. The molecule has 3 N–H and O–H groups in total. The lowest BCUT2D eigenvalue weighted by Gasteiger charge is -2.08. The summed E-state index contributed by atoms with van der Waals surface area (Å²) in [5.41, 5.74) is 7.24. The molecule has 0 amide bonds. The largest absolute Gasteiger partial charge is 0.461 e. The lowest BCUT2D eigenvalue weighted by molar-refractivity contribution is -0.135. The molecule has 4 heteroatoms. The molecule has 0 aliphatic heterocycles. The molecule has 0 aromatic carbocycles. The van der Waals surface area contributed by atoms with Crippen LogP contribution in [0.1, 0.15) is 20.3 Å². The van der Waals surface area contributed by atoms with Gasteiger partial charge in [-0.05, 0) is 31.1 Å². The van der Waals surface area contributed by atoms with Crippen LogP contribution in [-0.2, 0) is 9.53 Å². The molecule has 0 aromatic heterocycles. The predicted octanol–water partition coefficient (Wildman–Crippen LogP) is 1.07. The molecule has 0 heterocycles. The Balaban J connectivity index is 2.14. The Morgan fingerprint density at radius 3 is 2.87 bits per heavy atom. The number of carbonyl (C=O) groups is 1. The van der Waals surface area contributed by atoms with Gasteiger partial charge in [-0.15, -0.1) is 0 Å². The lowest BCUT2D eigenvalue weighted by atomic mass is 10.0. The van der Waals surface area contributed by atoms with Gasteiger partial charge in [0.2, 0.25) is 0 Å². The van der Waals surface area contributed by atoms with Gasteiger partial charge in [0, 0.05) is 11.3 Å². The summed E-state index contributed by atoms with van der Waals surface area (Å²) >= 11 is 0. The Kier molecular flexibility index (Phi) is 2.29. The van der Waals surface area contributed by atoms with Crippen molar-refractivity contribution in [3.63, 3.8) is 0 Å². The van der Waals surface area contributed by atoms with Crippen LogP contribution in [0, 0.1) is 23.2 Å². The maximum atomic E-state index is 11.4. The minimum absolute atomic E-state index is 0.0359. The summed E-state index contributed by atoms with van der Waals surface area (Å²) in [5, 5.41) is 7.76. The Morgan fingerprint density at radius 2 is 2.33 bits per heavy atom. The van der Waals surface area contributed by atoms with Crippen molar-refractivity contribution >= 4 is 11.7 Å². The van der Waals surface area contributed by atoms with Crippen LogP contribution in [0.2, 0.25) is 0 Å². The highest BCUT2D eigenvalue weighted by Gasteiger charge is 2.55. The standard InChI is InChI=1S/C11H16N2O2/c1-3-15-11(14)10(13)9-7(12)4-6-5(2)8(6)9/h5-6,8,13H,3-4,12H2,1-2H3. The van der Waals surface area contributed by atoms with E-state index < -0.39 is 5.97 Å². The molecule has 0 aromatic rings. The summed E-state index contributed by atoms with van der Waals surface area (Å²) in [7, 11) is 0. The lowest BCUT2D eigenvalue weighted by Crippen LogP contribution is -2.22. The Bertz CT molecular complexity index is 360. The van der Waals surface area contributed by atoms with Crippen LogP contribution in [0.3, 0.4) is 0 Å². The molecule has 0 radical (unpaired) electrons. The topological polar surface area (TPSA) is 76.2 Å². The monoisotopic (exact) mass is 208 g/mol. The smallest absolute Gasteiger partial charge is 0.356 e. The molecule has 2 aliphatic rings. The highest BCUT2D eigenvalue weighted by Crippen LogP contribution is 2.58. The molecule has 3 atom stereocenters. The molecular formula is C11H16N2O2. The molecule has 82 valence electrons. The van der Waals surface area contributed by atoms with E-state index in [0.717, 1.165) is 12.0 Å². The maximum Gasteiger partial charge on any atom is 0.356 e. The van der Waals surface area contributed by atoms with Crippen LogP contribution >= 0.6 is 0 Å². The zero-order valence-corrected chi connectivity index (χ0v) is 9.04. The quantitative estimate of drug-likeness (QED) is 0.538. The first-order valence-corrected chi connectivity index (χ1v) is 5.32. The number of allylic oxidation sites excluding steroid dienone is 1. The van der Waals surface area contributed by atoms with Crippen molar-refractivity contribution in [2.45, 2.75) is 20.3 Å². The van der Waals surface area contributed by atoms with Crippen LogP contribution in [0.15, 0.2) is 11.3 Å². The first-order chi connectivity index (χ1) is 7.07. The van der Waals surface area contributed by atoms with Gasteiger partial charge in [-0.2, -0.15) is 0 Å². The van der Waals surface area contributed by atoms with E-state index in [9.17, 15) is 4.79 Å². The van der Waals surface area contributed by atoms with Crippen LogP contribution in [0.4, 0.5) is 0 Å². The van der Waals surface area contributed by atoms with E-state index in [1.165, 1.54) is 0 Å². The average Bonchev–Trinajstić information content (AvgIpc) is 2.66. The number of hydrogen-bond acceptors (Lipinski definition) is 4. The second-order valence-electron chi connectivity index (χ2n) is 4.29. The average molecular weight is 208 g/mol. The van der Waals surface area contributed by atoms with E-state index in [-0.39, 0.29) is 5.71 Å². The van der Waals surface area contributed by atoms with E-state index in [1.54, 1.807) is 6.92 Å². The third-order valence-electron chi connectivity index (χ3n) is 3.45. The van der Waals surface area contributed by atoms with E-state index in [4.69, 9.17) is 15.9 Å². The molecule has 1 saturated carbocycles. The van der Waals surface area contributed by atoms with Crippen molar-refractivity contribution in [1.29, 1.82) is 5.41 Å². The van der Waals surface area contributed by atoms with E-state index in [0.29, 0.717) is 30.1 Å². The second kappa shape index (κ2) is 3.36. The van der Waals surface area contributed by atoms with Gasteiger partial charge in [0.1, 0.15) is 5.71 Å². The van der Waals surface area contributed by atoms with E-state index >= 15 is 0 Å². The summed E-state index contributed by atoms with van der Waals surface area (Å²) in [5.74, 6) is 0.925. The Hall–Kier alpha value is -1.32. The summed E-state index contributed by atoms with van der Waals surface area (Å²) in [6, 6.07) is 0. The fourth-order valence-corrected chi connectivity index (χ4v) is 2.55. The normalized spacial score (nSPS) is 32.5. The minimum atomic E-state index is -0.546.